The number of benzene rings is 1. The highest BCUT2D eigenvalue weighted by Crippen LogP contribution is 2.37. The number of halogens is 3. The summed E-state index contributed by atoms with van der Waals surface area (Å²) >= 11 is 0. The predicted molar refractivity (Wildman–Crippen MR) is 145 cm³/mol. The van der Waals surface area contributed by atoms with Crippen molar-refractivity contribution in [3.8, 4) is 5.75 Å². The summed E-state index contributed by atoms with van der Waals surface area (Å²) in [6, 6.07) is 3.93. The zero-order valence-electron chi connectivity index (χ0n) is 23.1. The minimum Gasteiger partial charge on any atom is -0.493 e. The van der Waals surface area contributed by atoms with Gasteiger partial charge in [-0.1, -0.05) is 71.0 Å². The van der Waals surface area contributed by atoms with E-state index < -0.39 is 11.7 Å². The summed E-state index contributed by atoms with van der Waals surface area (Å²) in [4.78, 5) is 5.39. The lowest BCUT2D eigenvalue weighted by Gasteiger charge is -2.21. The number of hydrogen-bond acceptors (Lipinski definition) is 5. The Labute approximate surface area is 220 Å². The Hall–Kier alpha value is -2.55. The van der Waals surface area contributed by atoms with E-state index in [1.165, 1.54) is 19.4 Å². The van der Waals surface area contributed by atoms with Crippen LogP contribution in [0.25, 0.3) is 0 Å². The molecule has 0 amide bonds. The van der Waals surface area contributed by atoms with Crippen molar-refractivity contribution in [2.75, 3.05) is 13.2 Å². The first kappa shape index (κ1) is 34.5. The molecule has 0 radical (unpaired) electrons. The first-order valence-corrected chi connectivity index (χ1v) is 13.0. The Kier molecular flexibility index (Phi) is 17.4. The zero-order valence-corrected chi connectivity index (χ0v) is 23.1. The number of oxime groups is 1. The number of allylic oxidation sites excluding steroid dienone is 1. The predicted octanol–water partition coefficient (Wildman–Crippen LogP) is 7.69. The molecule has 0 aliphatic heterocycles. The molecule has 4 N–H and O–H groups in total. The first-order chi connectivity index (χ1) is 17.4. The van der Waals surface area contributed by atoms with E-state index in [2.05, 4.69) is 18.7 Å². The van der Waals surface area contributed by atoms with Gasteiger partial charge >= 0.3 is 6.18 Å². The molecule has 9 heteroatoms. The molecule has 0 spiro atoms. The highest BCUT2D eigenvalue weighted by atomic mass is 19.4. The van der Waals surface area contributed by atoms with E-state index in [-0.39, 0.29) is 36.6 Å². The number of alkyl halides is 3. The normalized spacial score (nSPS) is 13.3. The van der Waals surface area contributed by atoms with Crippen LogP contribution >= 0.6 is 0 Å². The maximum atomic E-state index is 13.6. The molecule has 1 aromatic carbocycles. The molecule has 0 saturated carbocycles. The summed E-state index contributed by atoms with van der Waals surface area (Å²) in [5.74, 6) is 0.238. The van der Waals surface area contributed by atoms with Crippen LogP contribution in [0.2, 0.25) is 0 Å². The maximum absolute atomic E-state index is 13.6. The molecule has 0 heterocycles. The summed E-state index contributed by atoms with van der Waals surface area (Å²) < 4.78 is 46.4. The second kappa shape index (κ2) is 18.7. The first-order valence-electron chi connectivity index (χ1n) is 13.0. The number of nitrogens with one attached hydrogen (secondary N) is 1. The molecule has 0 aromatic heterocycles. The van der Waals surface area contributed by atoms with Gasteiger partial charge in [0.05, 0.1) is 23.7 Å². The van der Waals surface area contributed by atoms with Gasteiger partial charge in [-0.15, -0.1) is 0 Å². The molecule has 0 aliphatic carbocycles. The number of nitrogens with zero attached hydrogens (tertiary/aromatic N) is 1. The number of amidine groups is 1. The SMILES string of the molecule is C=C(O/N=C(\C)c1ccc(OCCCCCCCC)c(C(F)(F)F)c1)[C@@H](C)[C@@H](CO)CCC.CC(=N)N. The van der Waals surface area contributed by atoms with Crippen LogP contribution in [0, 0.1) is 17.2 Å². The average molecular weight is 530 g/mol. The summed E-state index contributed by atoms with van der Waals surface area (Å²) in [6.45, 7) is 13.3. The molecule has 1 rings (SSSR count). The topological polar surface area (TPSA) is 101 Å². The number of aliphatic hydroxyl groups excluding tert-OH is 1. The van der Waals surface area contributed by atoms with Crippen LogP contribution < -0.4 is 10.5 Å². The van der Waals surface area contributed by atoms with Crippen molar-refractivity contribution in [1.29, 1.82) is 5.41 Å². The van der Waals surface area contributed by atoms with Crippen molar-refractivity contribution in [3.63, 3.8) is 0 Å². The highest BCUT2D eigenvalue weighted by molar-refractivity contribution is 5.98. The zero-order chi connectivity index (χ0) is 28.4. The molecular weight excluding hydrogens is 483 g/mol. The van der Waals surface area contributed by atoms with Gasteiger partial charge < -0.3 is 20.4 Å². The van der Waals surface area contributed by atoms with E-state index in [0.29, 0.717) is 17.0 Å². The number of rotatable bonds is 16. The fourth-order valence-corrected chi connectivity index (χ4v) is 3.56. The highest BCUT2D eigenvalue weighted by Gasteiger charge is 2.35. The van der Waals surface area contributed by atoms with E-state index in [0.717, 1.165) is 51.0 Å². The second-order valence-electron chi connectivity index (χ2n) is 9.26. The van der Waals surface area contributed by atoms with Gasteiger partial charge in [0.15, 0.2) is 0 Å². The molecule has 0 bridgehead atoms. The van der Waals surface area contributed by atoms with E-state index >= 15 is 0 Å². The van der Waals surface area contributed by atoms with Crippen molar-refractivity contribution in [2.45, 2.75) is 92.2 Å². The van der Waals surface area contributed by atoms with Crippen LogP contribution in [0.1, 0.15) is 97.1 Å². The molecule has 2 atom stereocenters. The molecule has 212 valence electrons. The quantitative estimate of drug-likeness (QED) is 0.0672. The fraction of sp³-hybridized carbons (Fsp3) is 0.643. The van der Waals surface area contributed by atoms with Gasteiger partial charge in [0.1, 0.15) is 11.5 Å². The minimum absolute atomic E-state index is 0.00193. The third kappa shape index (κ3) is 14.7. The van der Waals surface area contributed by atoms with Gasteiger partial charge in [-0.3, -0.25) is 5.41 Å². The van der Waals surface area contributed by atoms with Gasteiger partial charge in [0, 0.05) is 12.5 Å². The van der Waals surface area contributed by atoms with Crippen LogP contribution in [0.3, 0.4) is 0 Å². The van der Waals surface area contributed by atoms with E-state index in [4.69, 9.17) is 20.7 Å². The summed E-state index contributed by atoms with van der Waals surface area (Å²) in [5.41, 5.74) is 4.46. The lowest BCUT2D eigenvalue weighted by Crippen LogP contribution is -2.18. The van der Waals surface area contributed by atoms with Crippen LogP contribution in [-0.4, -0.2) is 29.9 Å². The Balaban J connectivity index is 0.00000300. The van der Waals surface area contributed by atoms with Crippen molar-refractivity contribution >= 4 is 11.5 Å². The number of ether oxygens (including phenoxy) is 1. The van der Waals surface area contributed by atoms with E-state index in [1.54, 1.807) is 13.0 Å². The van der Waals surface area contributed by atoms with Crippen LogP contribution in [0.4, 0.5) is 13.2 Å². The molecule has 0 unspecified atom stereocenters. The second-order valence-corrected chi connectivity index (χ2v) is 9.26. The van der Waals surface area contributed by atoms with Crippen molar-refractivity contribution < 1.29 is 27.9 Å². The monoisotopic (exact) mass is 529 g/mol. The molecular formula is C28H46F3N3O3. The summed E-state index contributed by atoms with van der Waals surface area (Å²) in [7, 11) is 0. The van der Waals surface area contributed by atoms with Gasteiger partial charge in [-0.2, -0.15) is 13.2 Å². The Bertz CT molecular complexity index is 838. The molecule has 0 saturated heterocycles. The Morgan fingerprint density at radius 2 is 1.70 bits per heavy atom. The number of hydrogen-bond donors (Lipinski definition) is 3. The fourth-order valence-electron chi connectivity index (χ4n) is 3.56. The van der Waals surface area contributed by atoms with Gasteiger partial charge in [-0.25, -0.2) is 0 Å². The van der Waals surface area contributed by atoms with Crippen LogP contribution in [0.5, 0.6) is 5.75 Å². The van der Waals surface area contributed by atoms with E-state index in [9.17, 15) is 18.3 Å². The number of aliphatic hydroxyl groups is 1. The standard InChI is InChI=1S/C26H40F3NO3.C2H6N2/c1-6-8-9-10-11-12-16-32-25-15-14-22(17-24(25)26(27,28)29)20(4)30-33-21(5)19(3)23(18-31)13-7-2;1-2(3)4/h14-15,17,19,23,31H,5-13,16,18H2,1-4H3;1H3,(H3,3,4)/b30-20+;/t19-,23-;/m1./s1. The lowest BCUT2D eigenvalue weighted by molar-refractivity contribution is -0.139. The average Bonchev–Trinajstić information content (AvgIpc) is 2.83. The van der Waals surface area contributed by atoms with Crippen molar-refractivity contribution in [2.24, 2.45) is 22.7 Å². The van der Waals surface area contributed by atoms with Gasteiger partial charge in [0.25, 0.3) is 0 Å². The molecule has 0 fully saturated rings. The largest absolute Gasteiger partial charge is 0.493 e. The molecule has 6 nitrogen and oxygen atoms in total. The molecule has 0 aliphatic rings. The summed E-state index contributed by atoms with van der Waals surface area (Å²) in [6.07, 6.45) is 3.41. The van der Waals surface area contributed by atoms with E-state index in [1.807, 2.05) is 13.8 Å². The lowest BCUT2D eigenvalue weighted by atomic mass is 9.89. The molecule has 37 heavy (non-hydrogen) atoms. The maximum Gasteiger partial charge on any atom is 0.419 e. The number of nitrogens with two attached hydrogens (primary N) is 1. The third-order valence-electron chi connectivity index (χ3n) is 5.87. The van der Waals surface area contributed by atoms with Crippen LogP contribution in [0.15, 0.2) is 35.7 Å². The van der Waals surface area contributed by atoms with Crippen LogP contribution in [-0.2, 0) is 11.0 Å². The number of unbranched alkanes of at least 4 members (excludes halogenated alkanes) is 5. The molecule has 1 aromatic rings. The Morgan fingerprint density at radius 1 is 1.11 bits per heavy atom. The smallest absolute Gasteiger partial charge is 0.419 e. The summed E-state index contributed by atoms with van der Waals surface area (Å²) in [5, 5.41) is 19.8. The van der Waals surface area contributed by atoms with Crippen molar-refractivity contribution in [3.05, 3.63) is 41.7 Å². The Morgan fingerprint density at radius 3 is 2.24 bits per heavy atom. The van der Waals surface area contributed by atoms with Gasteiger partial charge in [-0.05, 0) is 56.4 Å². The van der Waals surface area contributed by atoms with Gasteiger partial charge in [0.2, 0.25) is 0 Å². The van der Waals surface area contributed by atoms with Crippen molar-refractivity contribution in [1.82, 2.24) is 0 Å². The third-order valence-corrected chi connectivity index (χ3v) is 5.87. The minimum atomic E-state index is -4.54.